The highest BCUT2D eigenvalue weighted by Gasteiger charge is 1.99. The minimum absolute atomic E-state index is 0.568. The van der Waals surface area contributed by atoms with E-state index in [-0.39, 0.29) is 0 Å². The van der Waals surface area contributed by atoms with Crippen molar-refractivity contribution in [2.24, 2.45) is 0 Å². The number of rotatable bonds is 7. The number of aryl methyl sites for hydroxylation is 1. The van der Waals surface area contributed by atoms with Crippen molar-refractivity contribution in [1.82, 2.24) is 4.98 Å². The third-order valence-corrected chi connectivity index (χ3v) is 3.04. The van der Waals surface area contributed by atoms with Gasteiger partial charge in [0.2, 0.25) is 0 Å². The smallest absolute Gasteiger partial charge is 0.119 e. The SMILES string of the molecule is COCCOc1ccc(NCc2cnccc2C)cc1. The molecule has 1 heterocycles. The maximum absolute atomic E-state index is 5.52. The lowest BCUT2D eigenvalue weighted by molar-refractivity contribution is 0.146. The Morgan fingerprint density at radius 1 is 1.10 bits per heavy atom. The van der Waals surface area contributed by atoms with Gasteiger partial charge in [-0.2, -0.15) is 0 Å². The van der Waals surface area contributed by atoms with Crippen molar-refractivity contribution in [2.45, 2.75) is 13.5 Å². The molecule has 0 fully saturated rings. The van der Waals surface area contributed by atoms with Crippen LogP contribution >= 0.6 is 0 Å². The average Bonchev–Trinajstić information content (AvgIpc) is 2.48. The van der Waals surface area contributed by atoms with E-state index in [9.17, 15) is 0 Å². The van der Waals surface area contributed by atoms with Gasteiger partial charge in [-0.1, -0.05) is 0 Å². The second kappa shape index (κ2) is 7.50. The van der Waals surface area contributed by atoms with Crippen LogP contribution in [0.15, 0.2) is 42.7 Å². The van der Waals surface area contributed by atoms with Crippen LogP contribution in [0.4, 0.5) is 5.69 Å². The summed E-state index contributed by atoms with van der Waals surface area (Å²) in [6.07, 6.45) is 3.70. The van der Waals surface area contributed by atoms with Gasteiger partial charge in [0, 0.05) is 31.7 Å². The Kier molecular flexibility index (Phi) is 5.38. The van der Waals surface area contributed by atoms with E-state index in [4.69, 9.17) is 9.47 Å². The molecule has 4 nitrogen and oxygen atoms in total. The summed E-state index contributed by atoms with van der Waals surface area (Å²) >= 11 is 0. The second-order valence-corrected chi connectivity index (χ2v) is 4.52. The van der Waals surface area contributed by atoms with E-state index in [0.29, 0.717) is 13.2 Å². The molecule has 0 amide bonds. The highest BCUT2D eigenvalue weighted by atomic mass is 16.5. The number of aromatic nitrogens is 1. The van der Waals surface area contributed by atoms with E-state index >= 15 is 0 Å². The largest absolute Gasteiger partial charge is 0.491 e. The van der Waals surface area contributed by atoms with Crippen LogP contribution in [0.25, 0.3) is 0 Å². The molecule has 0 bridgehead atoms. The van der Waals surface area contributed by atoms with Crippen LogP contribution in [-0.4, -0.2) is 25.3 Å². The van der Waals surface area contributed by atoms with Gasteiger partial charge in [-0.3, -0.25) is 4.98 Å². The highest BCUT2D eigenvalue weighted by Crippen LogP contribution is 2.17. The summed E-state index contributed by atoms with van der Waals surface area (Å²) in [4.78, 5) is 4.14. The number of methoxy groups -OCH3 is 1. The molecule has 106 valence electrons. The molecule has 0 aliphatic rings. The van der Waals surface area contributed by atoms with Crippen LogP contribution in [0, 0.1) is 6.92 Å². The number of nitrogens with zero attached hydrogens (tertiary/aromatic N) is 1. The van der Waals surface area contributed by atoms with Crippen molar-refractivity contribution in [3.63, 3.8) is 0 Å². The van der Waals surface area contributed by atoms with Crippen LogP contribution in [0.1, 0.15) is 11.1 Å². The van der Waals surface area contributed by atoms with Gasteiger partial charge in [0.1, 0.15) is 12.4 Å². The Hall–Kier alpha value is -2.07. The normalized spacial score (nSPS) is 10.3. The number of anilines is 1. The molecule has 20 heavy (non-hydrogen) atoms. The first-order valence-corrected chi connectivity index (χ1v) is 6.65. The van der Waals surface area contributed by atoms with Crippen molar-refractivity contribution < 1.29 is 9.47 Å². The van der Waals surface area contributed by atoms with E-state index in [0.717, 1.165) is 18.0 Å². The van der Waals surface area contributed by atoms with E-state index in [2.05, 4.69) is 17.2 Å². The second-order valence-electron chi connectivity index (χ2n) is 4.52. The first-order valence-electron chi connectivity index (χ1n) is 6.65. The fraction of sp³-hybridized carbons (Fsp3) is 0.312. The molecular formula is C16H20N2O2. The van der Waals surface area contributed by atoms with Crippen LogP contribution in [0.2, 0.25) is 0 Å². The first kappa shape index (κ1) is 14.3. The van der Waals surface area contributed by atoms with Gasteiger partial charge in [0.05, 0.1) is 6.61 Å². The zero-order chi connectivity index (χ0) is 14.2. The lowest BCUT2D eigenvalue weighted by atomic mass is 10.1. The lowest BCUT2D eigenvalue weighted by Gasteiger charge is -2.10. The van der Waals surface area contributed by atoms with Crippen molar-refractivity contribution in [1.29, 1.82) is 0 Å². The van der Waals surface area contributed by atoms with Gasteiger partial charge in [0.25, 0.3) is 0 Å². The fourth-order valence-electron chi connectivity index (χ4n) is 1.79. The summed E-state index contributed by atoms with van der Waals surface area (Å²) in [5.74, 6) is 0.852. The fourth-order valence-corrected chi connectivity index (χ4v) is 1.79. The summed E-state index contributed by atoms with van der Waals surface area (Å²) < 4.78 is 10.5. The van der Waals surface area contributed by atoms with E-state index in [1.54, 1.807) is 7.11 Å². The number of pyridine rings is 1. The first-order chi connectivity index (χ1) is 9.79. The molecule has 0 aliphatic carbocycles. The summed E-state index contributed by atoms with van der Waals surface area (Å²) in [7, 11) is 1.66. The van der Waals surface area contributed by atoms with Crippen LogP contribution < -0.4 is 10.1 Å². The molecule has 0 unspecified atom stereocenters. The summed E-state index contributed by atoms with van der Waals surface area (Å²) in [5.41, 5.74) is 3.51. The maximum atomic E-state index is 5.52. The standard InChI is InChI=1S/C16H20N2O2/c1-13-7-8-17-11-14(13)12-18-15-3-5-16(6-4-15)20-10-9-19-2/h3-8,11,18H,9-10,12H2,1-2H3. The third-order valence-electron chi connectivity index (χ3n) is 3.04. The molecule has 0 radical (unpaired) electrons. The Bertz CT molecular complexity index is 526. The Morgan fingerprint density at radius 3 is 2.60 bits per heavy atom. The topological polar surface area (TPSA) is 43.4 Å². The van der Waals surface area contributed by atoms with Gasteiger partial charge in [-0.25, -0.2) is 0 Å². The van der Waals surface area contributed by atoms with Crippen molar-refractivity contribution in [3.05, 3.63) is 53.9 Å². The zero-order valence-corrected chi connectivity index (χ0v) is 11.9. The third kappa shape index (κ3) is 4.24. The molecule has 2 aromatic rings. The summed E-state index contributed by atoms with van der Waals surface area (Å²) in [6, 6.07) is 9.94. The van der Waals surface area contributed by atoms with Crippen molar-refractivity contribution >= 4 is 5.69 Å². The average molecular weight is 272 g/mol. The molecule has 0 aliphatic heterocycles. The number of hydrogen-bond acceptors (Lipinski definition) is 4. The van der Waals surface area contributed by atoms with E-state index in [1.165, 1.54) is 11.1 Å². The lowest BCUT2D eigenvalue weighted by Crippen LogP contribution is -2.04. The Morgan fingerprint density at radius 2 is 1.90 bits per heavy atom. The number of ether oxygens (including phenoxy) is 2. The monoisotopic (exact) mass is 272 g/mol. The summed E-state index contributed by atoms with van der Waals surface area (Å²) in [5, 5.41) is 3.38. The number of nitrogens with one attached hydrogen (secondary N) is 1. The van der Waals surface area contributed by atoms with Gasteiger partial charge in [-0.15, -0.1) is 0 Å². The molecule has 2 rings (SSSR count). The molecular weight excluding hydrogens is 252 g/mol. The van der Waals surface area contributed by atoms with Gasteiger partial charge in [0.15, 0.2) is 0 Å². The molecule has 4 heteroatoms. The minimum Gasteiger partial charge on any atom is -0.491 e. The molecule has 0 saturated carbocycles. The molecule has 0 spiro atoms. The van der Waals surface area contributed by atoms with Crippen LogP contribution in [0.3, 0.4) is 0 Å². The predicted octanol–water partition coefficient (Wildman–Crippen LogP) is 3.03. The molecule has 1 aromatic carbocycles. The Balaban J connectivity index is 1.86. The summed E-state index contributed by atoms with van der Waals surface area (Å²) in [6.45, 7) is 4.02. The Labute approximate surface area is 119 Å². The van der Waals surface area contributed by atoms with Crippen LogP contribution in [0.5, 0.6) is 5.75 Å². The molecule has 0 saturated heterocycles. The maximum Gasteiger partial charge on any atom is 0.119 e. The quantitative estimate of drug-likeness (QED) is 0.787. The van der Waals surface area contributed by atoms with E-state index in [1.807, 2.05) is 42.7 Å². The predicted molar refractivity (Wildman–Crippen MR) is 80.1 cm³/mol. The van der Waals surface area contributed by atoms with Crippen molar-refractivity contribution in [3.8, 4) is 5.75 Å². The van der Waals surface area contributed by atoms with E-state index < -0.39 is 0 Å². The molecule has 0 atom stereocenters. The molecule has 1 N–H and O–H groups in total. The van der Waals surface area contributed by atoms with Gasteiger partial charge < -0.3 is 14.8 Å². The molecule has 1 aromatic heterocycles. The number of hydrogen-bond donors (Lipinski definition) is 1. The van der Waals surface area contributed by atoms with Gasteiger partial charge >= 0.3 is 0 Å². The minimum atomic E-state index is 0.568. The van der Waals surface area contributed by atoms with Crippen molar-refractivity contribution in [2.75, 3.05) is 25.6 Å². The highest BCUT2D eigenvalue weighted by molar-refractivity contribution is 5.47. The van der Waals surface area contributed by atoms with Gasteiger partial charge in [-0.05, 0) is 48.4 Å². The number of benzene rings is 1. The zero-order valence-electron chi connectivity index (χ0n) is 11.9. The van der Waals surface area contributed by atoms with Crippen LogP contribution in [-0.2, 0) is 11.3 Å².